The molecule has 6 nitrogen and oxygen atoms in total. The minimum absolute atomic E-state index is 0.205. The van der Waals surface area contributed by atoms with Crippen LogP contribution in [0.4, 0.5) is 0 Å². The molecule has 0 rings (SSSR count). The second-order valence-electron chi connectivity index (χ2n) is 2.11. The van der Waals surface area contributed by atoms with Crippen molar-refractivity contribution in [3.8, 4) is 0 Å². The second-order valence-corrected chi connectivity index (χ2v) is 2.11. The number of carbonyl (C=O) groups excluding carboxylic acids is 1. The van der Waals surface area contributed by atoms with Crippen molar-refractivity contribution in [2.45, 2.75) is 24.5 Å². The van der Waals surface area contributed by atoms with Crippen LogP contribution in [0.15, 0.2) is 0 Å². The van der Waals surface area contributed by atoms with Gasteiger partial charge in [-0.25, -0.2) is 0 Å². The Bertz CT molecular complexity index is 128. The van der Waals surface area contributed by atoms with Crippen molar-refractivity contribution in [1.29, 1.82) is 0 Å². The summed E-state index contributed by atoms with van der Waals surface area (Å²) in [7, 11) is 0. The summed E-state index contributed by atoms with van der Waals surface area (Å²) < 4.78 is 0. The normalized spacial score (nSPS) is 19.5. The van der Waals surface area contributed by atoms with Crippen molar-refractivity contribution in [1.82, 2.24) is 0 Å². The van der Waals surface area contributed by atoms with Gasteiger partial charge in [0.2, 0.25) is 0 Å². The van der Waals surface area contributed by atoms with E-state index in [1.54, 1.807) is 0 Å². The van der Waals surface area contributed by atoms with Gasteiger partial charge in [0.1, 0.15) is 18.5 Å². The van der Waals surface area contributed by atoms with Crippen molar-refractivity contribution in [2.75, 3.05) is 0 Å². The largest absolute Gasteiger partial charge is 0.388 e. The molecule has 0 unspecified atom stereocenters. The zero-order chi connectivity index (χ0) is 9.02. The Hall–Kier alpha value is -0.530. The highest BCUT2D eigenvalue weighted by atomic mass is 16.5. The lowest BCUT2D eigenvalue weighted by Gasteiger charge is -2.20. The highest BCUT2D eigenvalue weighted by Gasteiger charge is 2.27. The number of nitrogens with two attached hydrogens (primary N) is 1. The summed E-state index contributed by atoms with van der Waals surface area (Å²) in [5, 5.41) is 34.2. The summed E-state index contributed by atoms with van der Waals surface area (Å²) >= 11 is 0. The molecule has 0 aromatic carbocycles. The lowest BCUT2D eigenvalue weighted by atomic mass is 10.1. The standard InChI is InChI=1S/C5H11NO5/c6-2(1-7)3(8)4(9)5(10)11/h1-5,8-11H,6H2/t2-,3+,4-/m0/s1. The zero-order valence-electron chi connectivity index (χ0n) is 5.66. The number of carbonyl (C=O) groups is 1. The van der Waals surface area contributed by atoms with Gasteiger partial charge in [-0.15, -0.1) is 0 Å². The molecule has 66 valence electrons. The first-order valence-corrected chi connectivity index (χ1v) is 2.94. The van der Waals surface area contributed by atoms with Crippen molar-refractivity contribution < 1.29 is 25.2 Å². The average molecular weight is 165 g/mol. The summed E-state index contributed by atoms with van der Waals surface area (Å²) in [5.74, 6) is 0. The van der Waals surface area contributed by atoms with E-state index in [-0.39, 0.29) is 6.29 Å². The van der Waals surface area contributed by atoms with Gasteiger partial charge in [0.25, 0.3) is 0 Å². The SMILES string of the molecule is N[C@@H](C=O)[C@@H](O)[C@H](O)C(O)O. The molecule has 0 aromatic heterocycles. The lowest BCUT2D eigenvalue weighted by molar-refractivity contribution is -0.161. The summed E-state index contributed by atoms with van der Waals surface area (Å²) in [6.07, 6.45) is -5.38. The minimum Gasteiger partial charge on any atom is -0.388 e. The molecule has 0 aliphatic heterocycles. The van der Waals surface area contributed by atoms with Gasteiger partial charge < -0.3 is 31.0 Å². The molecule has 0 aliphatic rings. The van der Waals surface area contributed by atoms with E-state index in [0.717, 1.165) is 0 Å². The van der Waals surface area contributed by atoms with E-state index in [0.29, 0.717) is 0 Å². The van der Waals surface area contributed by atoms with E-state index in [1.165, 1.54) is 0 Å². The molecule has 0 heterocycles. The number of aliphatic hydroxyl groups excluding tert-OH is 3. The van der Waals surface area contributed by atoms with Crippen LogP contribution in [0.5, 0.6) is 0 Å². The van der Waals surface area contributed by atoms with Crippen LogP contribution in [0.1, 0.15) is 0 Å². The third kappa shape index (κ3) is 2.91. The van der Waals surface area contributed by atoms with Gasteiger partial charge in [0, 0.05) is 0 Å². The molecule has 0 fully saturated rings. The molecule has 0 amide bonds. The fraction of sp³-hybridized carbons (Fsp3) is 0.800. The Kier molecular flexibility index (Phi) is 4.16. The fourth-order valence-corrected chi connectivity index (χ4v) is 0.485. The molecule has 6 N–H and O–H groups in total. The van der Waals surface area contributed by atoms with Gasteiger partial charge in [0.05, 0.1) is 6.04 Å². The fourth-order valence-electron chi connectivity index (χ4n) is 0.485. The molecule has 0 bridgehead atoms. The van der Waals surface area contributed by atoms with Gasteiger partial charge in [-0.05, 0) is 0 Å². The predicted octanol–water partition coefficient (Wildman–Crippen LogP) is -3.45. The third-order valence-electron chi connectivity index (χ3n) is 1.21. The average Bonchev–Trinajstić information content (AvgIpc) is 2.00. The molecular formula is C5H11NO5. The van der Waals surface area contributed by atoms with Gasteiger partial charge in [0.15, 0.2) is 6.29 Å². The third-order valence-corrected chi connectivity index (χ3v) is 1.21. The van der Waals surface area contributed by atoms with Crippen LogP contribution >= 0.6 is 0 Å². The van der Waals surface area contributed by atoms with Crippen LogP contribution < -0.4 is 5.73 Å². The van der Waals surface area contributed by atoms with Gasteiger partial charge >= 0.3 is 0 Å². The lowest BCUT2D eigenvalue weighted by Crippen LogP contribution is -2.48. The molecule has 0 saturated carbocycles. The summed E-state index contributed by atoms with van der Waals surface area (Å²) in [6, 6.07) is -1.31. The zero-order valence-corrected chi connectivity index (χ0v) is 5.66. The van der Waals surface area contributed by atoms with Crippen molar-refractivity contribution >= 4 is 6.29 Å². The van der Waals surface area contributed by atoms with Gasteiger partial charge in [-0.1, -0.05) is 0 Å². The Morgan fingerprint density at radius 2 is 1.55 bits per heavy atom. The number of aliphatic hydroxyl groups is 4. The number of aldehydes is 1. The topological polar surface area (TPSA) is 124 Å². The molecule has 3 atom stereocenters. The highest BCUT2D eigenvalue weighted by Crippen LogP contribution is 1.99. The molecule has 11 heavy (non-hydrogen) atoms. The Balaban J connectivity index is 4.00. The number of rotatable bonds is 4. The molecule has 0 saturated heterocycles. The molecule has 6 heteroatoms. The first-order chi connectivity index (χ1) is 5.00. The number of hydrogen-bond acceptors (Lipinski definition) is 6. The quantitative estimate of drug-likeness (QED) is 0.218. The predicted molar refractivity (Wildman–Crippen MR) is 34.3 cm³/mol. The van der Waals surface area contributed by atoms with E-state index in [9.17, 15) is 4.79 Å². The first kappa shape index (κ1) is 10.5. The first-order valence-electron chi connectivity index (χ1n) is 2.94. The van der Waals surface area contributed by atoms with E-state index in [4.69, 9.17) is 26.2 Å². The van der Waals surface area contributed by atoms with Crippen LogP contribution in [0, 0.1) is 0 Å². The van der Waals surface area contributed by atoms with E-state index < -0.39 is 24.5 Å². The van der Waals surface area contributed by atoms with Crippen LogP contribution in [-0.4, -0.2) is 51.3 Å². The smallest absolute Gasteiger partial charge is 0.180 e. The molecule has 0 aromatic rings. The van der Waals surface area contributed by atoms with Crippen molar-refractivity contribution in [3.63, 3.8) is 0 Å². The van der Waals surface area contributed by atoms with Crippen molar-refractivity contribution in [3.05, 3.63) is 0 Å². The van der Waals surface area contributed by atoms with E-state index >= 15 is 0 Å². The Morgan fingerprint density at radius 1 is 1.09 bits per heavy atom. The summed E-state index contributed by atoms with van der Waals surface area (Å²) in [6.45, 7) is 0. The Labute approximate surface area is 62.9 Å². The molecule has 0 spiro atoms. The maximum absolute atomic E-state index is 9.91. The second kappa shape index (κ2) is 4.37. The monoisotopic (exact) mass is 165 g/mol. The molecule has 0 aliphatic carbocycles. The van der Waals surface area contributed by atoms with Crippen LogP contribution in [0.3, 0.4) is 0 Å². The Morgan fingerprint density at radius 3 is 1.82 bits per heavy atom. The van der Waals surface area contributed by atoms with Gasteiger partial charge in [-0.2, -0.15) is 0 Å². The summed E-state index contributed by atoms with van der Waals surface area (Å²) in [5.41, 5.74) is 4.95. The highest BCUT2D eigenvalue weighted by molar-refractivity contribution is 5.58. The number of hydrogen-bond donors (Lipinski definition) is 5. The van der Waals surface area contributed by atoms with Crippen molar-refractivity contribution in [2.24, 2.45) is 5.73 Å². The molecule has 0 radical (unpaired) electrons. The van der Waals surface area contributed by atoms with E-state index in [2.05, 4.69) is 0 Å². The summed E-state index contributed by atoms with van der Waals surface area (Å²) in [4.78, 5) is 9.91. The minimum atomic E-state index is -2.10. The van der Waals surface area contributed by atoms with Crippen LogP contribution in [0.2, 0.25) is 0 Å². The van der Waals surface area contributed by atoms with Gasteiger partial charge in [-0.3, -0.25) is 0 Å². The van der Waals surface area contributed by atoms with Crippen LogP contribution in [0.25, 0.3) is 0 Å². The maximum atomic E-state index is 9.91. The molecular weight excluding hydrogens is 154 g/mol. The van der Waals surface area contributed by atoms with E-state index in [1.807, 2.05) is 0 Å². The van der Waals surface area contributed by atoms with Crippen LogP contribution in [-0.2, 0) is 4.79 Å². The maximum Gasteiger partial charge on any atom is 0.180 e.